The van der Waals surface area contributed by atoms with Crippen LogP contribution in [0.15, 0.2) is 24.3 Å². The second kappa shape index (κ2) is 11.8. The average molecular weight is 578 g/mol. The smallest absolute Gasteiger partial charge is 0.485 e. The molecule has 194 valence electrons. The Morgan fingerprint density at radius 1 is 0.909 bits per heavy atom. The zero-order valence-corrected chi connectivity index (χ0v) is 19.8. The molecule has 1 heterocycles. The first kappa shape index (κ1) is 31.6. The molecule has 33 heavy (non-hydrogen) atoms. The summed E-state index contributed by atoms with van der Waals surface area (Å²) in [6.45, 7) is 7.63. The number of rotatable bonds is 4. The molecule has 0 aliphatic heterocycles. The Morgan fingerprint density at radius 2 is 1.27 bits per heavy atom. The van der Waals surface area contributed by atoms with E-state index in [4.69, 9.17) is 42.2 Å². The van der Waals surface area contributed by atoms with Crippen molar-refractivity contribution in [3.63, 3.8) is 0 Å². The topological polar surface area (TPSA) is 123 Å². The number of alkyl halides is 6. The maximum absolute atomic E-state index is 10.7. The molecule has 0 fully saturated rings. The molecule has 1 aromatic heterocycles. The Labute approximate surface area is 195 Å². The quantitative estimate of drug-likeness (QED) is 0.238. The van der Waals surface area contributed by atoms with Crippen molar-refractivity contribution in [3.05, 3.63) is 30.1 Å². The number of halogens is 6. The van der Waals surface area contributed by atoms with Crippen LogP contribution in [0.2, 0.25) is 0 Å². The zero-order valence-electron chi connectivity index (χ0n) is 17.2. The van der Waals surface area contributed by atoms with Gasteiger partial charge < -0.3 is 9.11 Å². The summed E-state index contributed by atoms with van der Waals surface area (Å²) < 4.78 is 122. The van der Waals surface area contributed by atoms with Gasteiger partial charge in [0.25, 0.3) is 0 Å². The van der Waals surface area contributed by atoms with E-state index in [1.807, 2.05) is 3.58 Å². The number of imidazole rings is 1. The van der Waals surface area contributed by atoms with E-state index in [0.29, 0.717) is 5.92 Å². The van der Waals surface area contributed by atoms with Gasteiger partial charge in [-0.05, 0) is 0 Å². The van der Waals surface area contributed by atoms with Gasteiger partial charge in [-0.1, -0.05) is 0 Å². The molecule has 8 nitrogen and oxygen atoms in total. The maximum atomic E-state index is 10.7. The first-order valence-electron chi connectivity index (χ1n) is 8.94. The first-order valence-corrected chi connectivity index (χ1v) is 12.2. The number of aryl methyl sites for hydroxylation is 1. The maximum Gasteiger partial charge on any atom is 0.485 e. The van der Waals surface area contributed by atoms with Crippen molar-refractivity contribution in [1.29, 1.82) is 0 Å². The number of benzene rings is 1. The fourth-order valence-electron chi connectivity index (χ4n) is 2.54. The molecule has 0 aliphatic carbocycles. The van der Waals surface area contributed by atoms with E-state index in [1.54, 1.807) is 0 Å². The minimum atomic E-state index is -6.09. The molecule has 2 aromatic rings. The van der Waals surface area contributed by atoms with Crippen LogP contribution in [0.1, 0.15) is 45.4 Å². The van der Waals surface area contributed by atoms with Crippen LogP contribution in [0.5, 0.6) is 0 Å². The van der Waals surface area contributed by atoms with E-state index in [9.17, 15) is 26.3 Å². The third-order valence-electron chi connectivity index (χ3n) is 4.06. The SMILES string of the molecule is CCC(CC)c1n(CC)c2ccccc2[n+]1[Cu+2].O=S(=O)([O-])C(F)(F)F.O=S(=O)([O-])C(F)(F)F. The van der Waals surface area contributed by atoms with Crippen molar-refractivity contribution < 1.29 is 72.1 Å². The molecule has 0 unspecified atom stereocenters. The second-order valence-electron chi connectivity index (χ2n) is 6.15. The van der Waals surface area contributed by atoms with Gasteiger partial charge in [0.15, 0.2) is 20.2 Å². The van der Waals surface area contributed by atoms with Gasteiger partial charge in [-0.15, -0.1) is 0 Å². The van der Waals surface area contributed by atoms with E-state index < -0.39 is 31.3 Å². The number of hydrogen-bond acceptors (Lipinski definition) is 6. The van der Waals surface area contributed by atoms with E-state index in [-0.39, 0.29) is 0 Å². The van der Waals surface area contributed by atoms with Gasteiger partial charge in [-0.3, -0.25) is 0 Å². The summed E-state index contributed by atoms with van der Waals surface area (Å²) in [6, 6.07) is 8.40. The number of nitrogens with zero attached hydrogens (tertiary/aromatic N) is 2. The van der Waals surface area contributed by atoms with Crippen LogP contribution in [-0.4, -0.2) is 41.5 Å². The standard InChI is InChI=1S/C14H20N2.2CHF3O3S.Cu/c1-4-11(5-2)14-15-12-9-7-8-10-13(12)16(14)6-3;2*2-1(3,4)8(5,6)7;/h7-11H,4-6H2,1-3H3;2*(H,5,6,7);/q;;;+3/p-2. The van der Waals surface area contributed by atoms with E-state index in [2.05, 4.69) is 49.6 Å². The van der Waals surface area contributed by atoms with Crippen LogP contribution in [0, 0.1) is 0 Å². The predicted molar refractivity (Wildman–Crippen MR) is 98.0 cm³/mol. The van der Waals surface area contributed by atoms with Crippen LogP contribution in [-0.2, 0) is 43.0 Å². The molecular weight excluding hydrogens is 558 g/mol. The summed E-state index contributed by atoms with van der Waals surface area (Å²) in [5.41, 5.74) is -8.89. The molecular formula is C16H20CuF6N2O6S2+. The molecule has 17 heteroatoms. The number of aromatic nitrogens is 2. The summed E-state index contributed by atoms with van der Waals surface area (Å²) in [5, 5.41) is 0. The molecule has 0 saturated heterocycles. The van der Waals surface area contributed by atoms with Crippen molar-refractivity contribution in [3.8, 4) is 0 Å². The first-order chi connectivity index (χ1) is 14.7. The van der Waals surface area contributed by atoms with Gasteiger partial charge in [-0.2, -0.15) is 26.3 Å². The fraction of sp³-hybridized carbons (Fsp3) is 0.562. The van der Waals surface area contributed by atoms with Crippen LogP contribution >= 0.6 is 0 Å². The third kappa shape index (κ3) is 8.72. The largest absolute Gasteiger partial charge is 0.741 e. The summed E-state index contributed by atoms with van der Waals surface area (Å²) in [5.74, 6) is 1.83. The van der Waals surface area contributed by atoms with Gasteiger partial charge in [0.1, 0.15) is 0 Å². The molecule has 0 atom stereocenters. The van der Waals surface area contributed by atoms with Gasteiger partial charge in [0.2, 0.25) is 0 Å². The van der Waals surface area contributed by atoms with Crippen LogP contribution in [0.25, 0.3) is 11.0 Å². The van der Waals surface area contributed by atoms with Gasteiger partial charge in [0.05, 0.1) is 0 Å². The van der Waals surface area contributed by atoms with Crippen LogP contribution < -0.4 is 3.58 Å². The molecule has 1 aromatic carbocycles. The van der Waals surface area contributed by atoms with Crippen molar-refractivity contribution in [2.75, 3.05) is 0 Å². The number of para-hydroxylation sites is 2. The molecule has 0 N–H and O–H groups in total. The van der Waals surface area contributed by atoms with Gasteiger partial charge in [-0.25, -0.2) is 16.8 Å². The average Bonchev–Trinajstić information content (AvgIpc) is 2.93. The number of hydrogen-bond donors (Lipinski definition) is 0. The summed E-state index contributed by atoms with van der Waals surface area (Å²) in [4.78, 5) is 0. The molecule has 2 rings (SSSR count). The van der Waals surface area contributed by atoms with Crippen LogP contribution in [0.4, 0.5) is 26.3 Å². The van der Waals surface area contributed by atoms with Crippen molar-refractivity contribution in [2.45, 2.75) is 57.1 Å². The Bertz CT molecular complexity index is 1080. The van der Waals surface area contributed by atoms with E-state index in [0.717, 1.165) is 24.9 Å². The van der Waals surface area contributed by atoms with Crippen molar-refractivity contribution in [2.24, 2.45) is 0 Å². The normalized spacial score (nSPS) is 12.8. The molecule has 0 saturated carbocycles. The Kier molecular flexibility index (Phi) is 11.3. The Hall–Kier alpha value is -1.39. The van der Waals surface area contributed by atoms with Gasteiger partial charge >= 0.3 is 123 Å². The van der Waals surface area contributed by atoms with Crippen molar-refractivity contribution >= 4 is 31.3 Å². The van der Waals surface area contributed by atoms with Gasteiger partial charge in [0, 0.05) is 0 Å². The monoisotopic (exact) mass is 577 g/mol. The minimum absolute atomic E-state index is 0.550. The fourth-order valence-corrected chi connectivity index (χ4v) is 3.00. The van der Waals surface area contributed by atoms with Crippen molar-refractivity contribution in [1.82, 2.24) is 4.57 Å². The molecule has 0 spiro atoms. The third-order valence-corrected chi connectivity index (χ3v) is 5.64. The number of fused-ring (bicyclic) bond motifs is 1. The van der Waals surface area contributed by atoms with E-state index in [1.165, 1.54) is 11.3 Å². The molecule has 0 aliphatic rings. The van der Waals surface area contributed by atoms with Crippen LogP contribution in [0.3, 0.4) is 0 Å². The minimum Gasteiger partial charge on any atom is -0.741 e. The molecule has 0 bridgehead atoms. The second-order valence-corrected chi connectivity index (χ2v) is 9.31. The summed E-state index contributed by atoms with van der Waals surface area (Å²) >= 11 is 5.75. The predicted octanol–water partition coefficient (Wildman–Crippen LogP) is 3.27. The Balaban J connectivity index is 0.000000539. The van der Waals surface area contributed by atoms with E-state index >= 15 is 0 Å². The Morgan fingerprint density at radius 3 is 1.58 bits per heavy atom. The molecule has 0 radical (unpaired) electrons. The zero-order chi connectivity index (χ0) is 26.4. The summed E-state index contributed by atoms with van der Waals surface area (Å²) in [6.07, 6.45) is 2.28. The molecule has 0 amide bonds. The summed E-state index contributed by atoms with van der Waals surface area (Å²) in [7, 11) is -12.2.